The fraction of sp³-hybridized carbons (Fsp3) is 0.300. The van der Waals surface area contributed by atoms with Crippen LogP contribution in [0.25, 0.3) is 27.6 Å². The summed E-state index contributed by atoms with van der Waals surface area (Å²) < 4.78 is 2.30. The first kappa shape index (κ1) is 46.1. The molecule has 9 rings (SSSR count). The molecule has 0 fully saturated rings. The fourth-order valence-electron chi connectivity index (χ4n) is 9.18. The zero-order valence-electron chi connectivity index (χ0n) is 40.5. The minimum absolute atomic E-state index is 0. The Morgan fingerprint density at radius 3 is 1.71 bits per heavy atom. The Morgan fingerprint density at radius 2 is 1.06 bits per heavy atom. The summed E-state index contributed by atoms with van der Waals surface area (Å²) in [5.74, 6) is 0.903. The molecular weight excluding hydrogens is 972 g/mol. The van der Waals surface area contributed by atoms with E-state index in [9.17, 15) is 0 Å². The van der Waals surface area contributed by atoms with Crippen LogP contribution >= 0.6 is 0 Å². The van der Waals surface area contributed by atoms with Crippen molar-refractivity contribution in [1.29, 1.82) is 0 Å². The number of fused-ring (bicyclic) bond motifs is 4. The average Bonchev–Trinajstić information content (AvgIpc) is 3.82. The Kier molecular flexibility index (Phi) is 11.7. The first-order valence-corrected chi connectivity index (χ1v) is 22.9. The molecule has 5 heteroatoms. The van der Waals surface area contributed by atoms with Crippen LogP contribution in [0.1, 0.15) is 129 Å². The predicted molar refractivity (Wildman–Crippen MR) is 271 cm³/mol. The SMILES string of the molecule is CC(C)(C)c1cc(N2[CH-]N(c3[c-]c(C(C)(C)c4[c-]c5c(cc4)c4ccccc4n5-c4cc(C(C)(C)C)ccn4)cc(C(C)(C)c4ccccc4)c3)c3ccccc32)cc(C(C)(C)C)c1.[Pt]. The van der Waals surface area contributed by atoms with Crippen LogP contribution in [0.3, 0.4) is 0 Å². The van der Waals surface area contributed by atoms with E-state index >= 15 is 0 Å². The molecule has 0 aliphatic carbocycles. The largest absolute Gasteiger partial charge is 0.493 e. The molecule has 0 saturated heterocycles. The summed E-state index contributed by atoms with van der Waals surface area (Å²) in [4.78, 5) is 9.69. The van der Waals surface area contributed by atoms with E-state index < -0.39 is 5.41 Å². The molecule has 6 aromatic carbocycles. The second kappa shape index (κ2) is 16.5. The van der Waals surface area contributed by atoms with E-state index in [1.54, 1.807) is 0 Å². The topological polar surface area (TPSA) is 24.3 Å². The Bertz CT molecular complexity index is 3010. The molecule has 0 unspecified atom stereocenters. The molecule has 0 atom stereocenters. The van der Waals surface area contributed by atoms with Gasteiger partial charge in [0.05, 0.1) is 0 Å². The number of rotatable bonds is 7. The number of hydrogen-bond acceptors (Lipinski definition) is 3. The van der Waals surface area contributed by atoms with E-state index in [4.69, 9.17) is 4.98 Å². The van der Waals surface area contributed by atoms with Crippen molar-refractivity contribution in [3.8, 4) is 5.82 Å². The molecule has 65 heavy (non-hydrogen) atoms. The molecule has 1 aliphatic rings. The number of pyridine rings is 1. The van der Waals surface area contributed by atoms with Gasteiger partial charge in [-0.3, -0.25) is 0 Å². The van der Waals surface area contributed by atoms with Crippen LogP contribution < -0.4 is 9.80 Å². The Morgan fingerprint density at radius 1 is 0.462 bits per heavy atom. The summed E-state index contributed by atoms with van der Waals surface area (Å²) >= 11 is 0. The summed E-state index contributed by atoms with van der Waals surface area (Å²) in [7, 11) is 0. The first-order chi connectivity index (χ1) is 30.1. The molecule has 4 nitrogen and oxygen atoms in total. The first-order valence-electron chi connectivity index (χ1n) is 22.9. The number of aromatic nitrogens is 2. The van der Waals surface area contributed by atoms with Crippen molar-refractivity contribution in [2.24, 2.45) is 0 Å². The molecule has 0 N–H and O–H groups in total. The normalized spacial score (nSPS) is 13.7. The van der Waals surface area contributed by atoms with E-state index in [1.165, 1.54) is 33.2 Å². The van der Waals surface area contributed by atoms with Crippen LogP contribution in [0.15, 0.2) is 140 Å². The van der Waals surface area contributed by atoms with Crippen LogP contribution in [0.5, 0.6) is 0 Å². The van der Waals surface area contributed by atoms with Crippen molar-refractivity contribution in [1.82, 2.24) is 9.55 Å². The molecule has 0 spiro atoms. The van der Waals surface area contributed by atoms with Crippen molar-refractivity contribution >= 4 is 44.6 Å². The van der Waals surface area contributed by atoms with Gasteiger partial charge in [-0.2, -0.15) is 41.5 Å². The number of para-hydroxylation sites is 3. The fourth-order valence-corrected chi connectivity index (χ4v) is 9.18. The van der Waals surface area contributed by atoms with Gasteiger partial charge in [0, 0.05) is 49.8 Å². The van der Waals surface area contributed by atoms with Crippen molar-refractivity contribution in [3.05, 3.63) is 197 Å². The van der Waals surface area contributed by atoms with E-state index in [2.05, 4.69) is 257 Å². The maximum Gasteiger partial charge on any atom is 0.135 e. The molecular formula is C60H63N4Pt-3. The van der Waals surface area contributed by atoms with Gasteiger partial charge in [-0.25, -0.2) is 4.98 Å². The third kappa shape index (κ3) is 8.37. The van der Waals surface area contributed by atoms with Gasteiger partial charge >= 0.3 is 0 Å². The summed E-state index contributed by atoms with van der Waals surface area (Å²) in [6.07, 6.45) is 1.94. The minimum atomic E-state index is -0.491. The van der Waals surface area contributed by atoms with Crippen LogP contribution in [-0.2, 0) is 48.1 Å². The van der Waals surface area contributed by atoms with Gasteiger partial charge in [0.1, 0.15) is 5.82 Å². The van der Waals surface area contributed by atoms with Gasteiger partial charge in [0.2, 0.25) is 0 Å². The third-order valence-corrected chi connectivity index (χ3v) is 13.7. The molecule has 0 radical (unpaired) electrons. The van der Waals surface area contributed by atoms with Crippen molar-refractivity contribution in [3.63, 3.8) is 0 Å². The van der Waals surface area contributed by atoms with E-state index in [0.717, 1.165) is 56.1 Å². The zero-order valence-corrected chi connectivity index (χ0v) is 42.7. The van der Waals surface area contributed by atoms with Gasteiger partial charge in [-0.05, 0) is 97.2 Å². The second-order valence-electron chi connectivity index (χ2n) is 22.0. The Hall–Kier alpha value is -5.44. The minimum Gasteiger partial charge on any atom is -0.493 e. The molecule has 1 aliphatic heterocycles. The molecule has 0 bridgehead atoms. The quantitative estimate of drug-likeness (QED) is 0.149. The number of benzene rings is 6. The molecule has 0 saturated carbocycles. The standard InChI is InChI=1S/C60H63N4.Pt/c1-56(2,3)41-29-30-61-55(38-41)64-51-24-18-17-23-49(51)50-28-27-42(37-54(50)64)60(12,13)46-32-45(59(10,11)40-21-15-14-16-22-40)35-48(36-46)63-39-62(52-25-19-20-26-53(52)63)47-33-43(57(4,5)6)31-44(34-47)58(7,8)9;/h14-35,38-39H,1-13H3;/q-3;. The van der Waals surface area contributed by atoms with Gasteiger partial charge in [-0.1, -0.05) is 162 Å². The van der Waals surface area contributed by atoms with Crippen molar-refractivity contribution < 1.29 is 21.1 Å². The van der Waals surface area contributed by atoms with E-state index in [1.807, 2.05) is 6.20 Å². The second-order valence-corrected chi connectivity index (χ2v) is 22.0. The van der Waals surface area contributed by atoms with E-state index in [0.29, 0.717) is 0 Å². The van der Waals surface area contributed by atoms with Gasteiger partial charge in [0.15, 0.2) is 0 Å². The van der Waals surface area contributed by atoms with Gasteiger partial charge < -0.3 is 14.4 Å². The van der Waals surface area contributed by atoms with Crippen LogP contribution in [0, 0.1) is 18.8 Å². The maximum absolute atomic E-state index is 4.97. The van der Waals surface area contributed by atoms with E-state index in [-0.39, 0.29) is 42.7 Å². The van der Waals surface area contributed by atoms with Crippen LogP contribution in [0.2, 0.25) is 0 Å². The molecule has 2 aromatic heterocycles. The smallest absolute Gasteiger partial charge is 0.135 e. The van der Waals surface area contributed by atoms with Gasteiger partial charge in [-0.15, -0.1) is 29.4 Å². The molecule has 3 heterocycles. The molecule has 0 amide bonds. The zero-order chi connectivity index (χ0) is 45.6. The van der Waals surface area contributed by atoms with Crippen molar-refractivity contribution in [2.45, 2.75) is 117 Å². The monoisotopic (exact) mass is 1030 g/mol. The number of anilines is 4. The Balaban J connectivity index is 0.00000576. The number of hydrogen-bond donors (Lipinski definition) is 0. The van der Waals surface area contributed by atoms with Crippen LogP contribution in [-0.4, -0.2) is 9.55 Å². The molecule has 8 aromatic rings. The average molecular weight is 1040 g/mol. The maximum atomic E-state index is 4.97. The van der Waals surface area contributed by atoms with Gasteiger partial charge in [0.25, 0.3) is 0 Å². The van der Waals surface area contributed by atoms with Crippen LogP contribution in [0.4, 0.5) is 22.7 Å². The van der Waals surface area contributed by atoms with Crippen molar-refractivity contribution in [2.75, 3.05) is 9.80 Å². The number of nitrogens with zero attached hydrogens (tertiary/aromatic N) is 4. The third-order valence-electron chi connectivity index (χ3n) is 13.7. The molecule has 336 valence electrons. The predicted octanol–water partition coefficient (Wildman–Crippen LogP) is 15.7. The Labute approximate surface area is 403 Å². The summed E-state index contributed by atoms with van der Waals surface area (Å²) in [5, 5.41) is 2.35. The summed E-state index contributed by atoms with van der Waals surface area (Å²) in [6, 6.07) is 57.2. The summed E-state index contributed by atoms with van der Waals surface area (Å²) in [5.41, 5.74) is 14.3. The summed E-state index contributed by atoms with van der Waals surface area (Å²) in [6.45, 7) is 32.2.